The molecule has 0 bridgehead atoms. The summed E-state index contributed by atoms with van der Waals surface area (Å²) in [7, 11) is 0. The van der Waals surface area contributed by atoms with Crippen molar-refractivity contribution >= 4 is 11.9 Å². The van der Waals surface area contributed by atoms with Gasteiger partial charge < -0.3 is 15.2 Å². The molecule has 108 valence electrons. The molecule has 6 heteroatoms. The third kappa shape index (κ3) is 3.91. The van der Waals surface area contributed by atoms with Gasteiger partial charge in [0.2, 0.25) is 5.91 Å². The third-order valence-electron chi connectivity index (χ3n) is 3.92. The zero-order valence-electron chi connectivity index (χ0n) is 11.3. The summed E-state index contributed by atoms with van der Waals surface area (Å²) >= 11 is 0. The maximum atomic E-state index is 11.8. The number of nitrogens with zero attached hydrogens (tertiary/aromatic N) is 1. The van der Waals surface area contributed by atoms with Gasteiger partial charge in [-0.25, -0.2) is 0 Å². The highest BCUT2D eigenvalue weighted by molar-refractivity contribution is 5.78. The van der Waals surface area contributed by atoms with Gasteiger partial charge in [-0.1, -0.05) is 6.92 Å². The monoisotopic (exact) mass is 270 g/mol. The van der Waals surface area contributed by atoms with Gasteiger partial charge in [0.1, 0.15) is 0 Å². The van der Waals surface area contributed by atoms with E-state index in [9.17, 15) is 9.59 Å². The van der Waals surface area contributed by atoms with Crippen LogP contribution in [0.25, 0.3) is 0 Å². The molecule has 2 aliphatic rings. The molecule has 19 heavy (non-hydrogen) atoms. The molecule has 2 N–H and O–H groups in total. The Kier molecular flexibility index (Phi) is 4.76. The fourth-order valence-electron chi connectivity index (χ4n) is 2.81. The van der Waals surface area contributed by atoms with Gasteiger partial charge >= 0.3 is 5.97 Å². The van der Waals surface area contributed by atoms with Crippen LogP contribution in [0, 0.1) is 11.8 Å². The second kappa shape index (κ2) is 6.34. The van der Waals surface area contributed by atoms with Crippen LogP contribution in [-0.2, 0) is 14.3 Å². The van der Waals surface area contributed by atoms with E-state index in [0.717, 1.165) is 19.4 Å². The summed E-state index contributed by atoms with van der Waals surface area (Å²) in [4.78, 5) is 24.7. The standard InChI is InChI=1S/C13H22N2O4/c1-9-6-15(7-11(9)13(17)18)8-12(16)14-5-10-3-2-4-19-10/h9-11H,2-8H2,1H3,(H,14,16)(H,17,18)/t9-,10?,11-/m1/s1. The van der Waals surface area contributed by atoms with Crippen molar-refractivity contribution in [2.24, 2.45) is 11.8 Å². The molecule has 3 atom stereocenters. The summed E-state index contributed by atoms with van der Waals surface area (Å²) in [6.07, 6.45) is 2.21. The lowest BCUT2D eigenvalue weighted by Gasteiger charge is -2.16. The van der Waals surface area contributed by atoms with E-state index in [-0.39, 0.29) is 30.4 Å². The Labute approximate surface area is 113 Å². The van der Waals surface area contributed by atoms with E-state index in [0.29, 0.717) is 19.6 Å². The van der Waals surface area contributed by atoms with Crippen molar-refractivity contribution in [2.45, 2.75) is 25.9 Å². The Morgan fingerprint density at radius 1 is 1.42 bits per heavy atom. The van der Waals surface area contributed by atoms with E-state index in [2.05, 4.69) is 5.32 Å². The Morgan fingerprint density at radius 2 is 2.21 bits per heavy atom. The smallest absolute Gasteiger partial charge is 0.308 e. The molecule has 6 nitrogen and oxygen atoms in total. The minimum absolute atomic E-state index is 0.0475. The van der Waals surface area contributed by atoms with Crippen LogP contribution in [0.2, 0.25) is 0 Å². The molecule has 2 fully saturated rings. The zero-order chi connectivity index (χ0) is 13.8. The van der Waals surface area contributed by atoms with Crippen LogP contribution >= 0.6 is 0 Å². The normalized spacial score (nSPS) is 31.5. The SMILES string of the molecule is C[C@@H]1CN(CC(=O)NCC2CCCO2)C[C@H]1C(=O)O. The minimum atomic E-state index is -0.769. The molecule has 1 amide bonds. The number of amides is 1. The first kappa shape index (κ1) is 14.3. The van der Waals surface area contributed by atoms with Crippen molar-refractivity contribution in [3.63, 3.8) is 0 Å². The predicted octanol–water partition coefficient (Wildman–Crippen LogP) is -0.0659. The number of nitrogens with one attached hydrogen (secondary N) is 1. The fourth-order valence-corrected chi connectivity index (χ4v) is 2.81. The summed E-state index contributed by atoms with van der Waals surface area (Å²) in [6, 6.07) is 0. The van der Waals surface area contributed by atoms with Gasteiger partial charge in [-0.05, 0) is 18.8 Å². The number of aliphatic carboxylic acids is 1. The van der Waals surface area contributed by atoms with Crippen LogP contribution in [0.15, 0.2) is 0 Å². The highest BCUT2D eigenvalue weighted by atomic mass is 16.5. The molecule has 2 rings (SSSR count). The molecular formula is C13H22N2O4. The number of hydrogen-bond donors (Lipinski definition) is 2. The minimum Gasteiger partial charge on any atom is -0.481 e. The van der Waals surface area contributed by atoms with E-state index in [1.54, 1.807) is 0 Å². The Hall–Kier alpha value is -1.14. The number of carboxylic acids is 1. The number of likely N-dealkylation sites (tertiary alicyclic amines) is 1. The summed E-state index contributed by atoms with van der Waals surface area (Å²) in [5.41, 5.74) is 0. The molecule has 0 radical (unpaired) electrons. The van der Waals surface area contributed by atoms with Crippen LogP contribution in [-0.4, -0.2) is 60.8 Å². The van der Waals surface area contributed by atoms with Gasteiger partial charge in [0, 0.05) is 26.2 Å². The second-order valence-electron chi connectivity index (χ2n) is 5.56. The Morgan fingerprint density at radius 3 is 2.79 bits per heavy atom. The lowest BCUT2D eigenvalue weighted by molar-refractivity contribution is -0.142. The summed E-state index contributed by atoms with van der Waals surface area (Å²) < 4.78 is 5.43. The maximum Gasteiger partial charge on any atom is 0.308 e. The molecule has 0 aliphatic carbocycles. The van der Waals surface area contributed by atoms with Crippen molar-refractivity contribution in [3.8, 4) is 0 Å². The Bertz CT molecular complexity index is 342. The summed E-state index contributed by atoms with van der Waals surface area (Å²) in [6.45, 7) is 4.67. The number of ether oxygens (including phenoxy) is 1. The number of carbonyl (C=O) groups is 2. The van der Waals surface area contributed by atoms with Crippen molar-refractivity contribution in [1.82, 2.24) is 10.2 Å². The molecule has 0 saturated carbocycles. The molecule has 0 aromatic rings. The van der Waals surface area contributed by atoms with Gasteiger partial charge in [-0.15, -0.1) is 0 Å². The quantitative estimate of drug-likeness (QED) is 0.731. The van der Waals surface area contributed by atoms with Gasteiger partial charge in [0.25, 0.3) is 0 Å². The Balaban J connectivity index is 1.69. The van der Waals surface area contributed by atoms with Gasteiger partial charge in [-0.2, -0.15) is 0 Å². The molecule has 2 aliphatic heterocycles. The number of carboxylic acid groups (broad SMARTS) is 1. The predicted molar refractivity (Wildman–Crippen MR) is 68.7 cm³/mol. The maximum absolute atomic E-state index is 11.8. The van der Waals surface area contributed by atoms with Gasteiger partial charge in [-0.3, -0.25) is 14.5 Å². The van der Waals surface area contributed by atoms with E-state index < -0.39 is 5.97 Å². The molecular weight excluding hydrogens is 248 g/mol. The van der Waals surface area contributed by atoms with E-state index in [1.807, 2.05) is 11.8 Å². The number of rotatable bonds is 5. The van der Waals surface area contributed by atoms with E-state index in [4.69, 9.17) is 9.84 Å². The first-order valence-corrected chi connectivity index (χ1v) is 6.89. The van der Waals surface area contributed by atoms with Gasteiger partial charge in [0.15, 0.2) is 0 Å². The average molecular weight is 270 g/mol. The number of carbonyl (C=O) groups excluding carboxylic acids is 1. The molecule has 1 unspecified atom stereocenters. The van der Waals surface area contributed by atoms with Crippen LogP contribution in [0.1, 0.15) is 19.8 Å². The van der Waals surface area contributed by atoms with Crippen molar-refractivity contribution < 1.29 is 19.4 Å². The van der Waals surface area contributed by atoms with Crippen LogP contribution in [0.5, 0.6) is 0 Å². The molecule has 0 spiro atoms. The van der Waals surface area contributed by atoms with Crippen LogP contribution in [0.3, 0.4) is 0 Å². The largest absolute Gasteiger partial charge is 0.481 e. The van der Waals surface area contributed by atoms with Gasteiger partial charge in [0.05, 0.1) is 18.6 Å². The topological polar surface area (TPSA) is 78.9 Å². The summed E-state index contributed by atoms with van der Waals surface area (Å²) in [5, 5.41) is 11.9. The van der Waals surface area contributed by atoms with Crippen LogP contribution < -0.4 is 5.32 Å². The lowest BCUT2D eigenvalue weighted by Crippen LogP contribution is -2.39. The number of hydrogen-bond acceptors (Lipinski definition) is 4. The third-order valence-corrected chi connectivity index (χ3v) is 3.92. The van der Waals surface area contributed by atoms with Crippen molar-refractivity contribution in [3.05, 3.63) is 0 Å². The lowest BCUT2D eigenvalue weighted by atomic mass is 9.99. The zero-order valence-corrected chi connectivity index (χ0v) is 11.3. The fraction of sp³-hybridized carbons (Fsp3) is 0.846. The highest BCUT2D eigenvalue weighted by Gasteiger charge is 2.35. The van der Waals surface area contributed by atoms with E-state index >= 15 is 0 Å². The molecule has 0 aromatic heterocycles. The highest BCUT2D eigenvalue weighted by Crippen LogP contribution is 2.22. The molecule has 2 heterocycles. The second-order valence-corrected chi connectivity index (χ2v) is 5.56. The van der Waals surface area contributed by atoms with E-state index in [1.165, 1.54) is 0 Å². The molecule has 0 aromatic carbocycles. The summed E-state index contributed by atoms with van der Waals surface area (Å²) in [5.74, 6) is -1.07. The first-order valence-electron chi connectivity index (χ1n) is 6.89. The first-order chi connectivity index (χ1) is 9.06. The molecule has 2 saturated heterocycles. The van der Waals surface area contributed by atoms with Crippen molar-refractivity contribution in [2.75, 3.05) is 32.8 Å². The van der Waals surface area contributed by atoms with Crippen molar-refractivity contribution in [1.29, 1.82) is 0 Å². The average Bonchev–Trinajstić information content (AvgIpc) is 2.96. The van der Waals surface area contributed by atoms with Crippen LogP contribution in [0.4, 0.5) is 0 Å².